The lowest BCUT2D eigenvalue weighted by Gasteiger charge is -2.38. The number of carbonyl (C=O) groups is 3. The molecule has 1 saturated heterocycles. The van der Waals surface area contributed by atoms with Crippen molar-refractivity contribution in [3.8, 4) is 10.4 Å². The van der Waals surface area contributed by atoms with Crippen molar-refractivity contribution in [2.45, 2.75) is 57.0 Å². The molecule has 7 heteroatoms. The Hall–Kier alpha value is -2.67. The molecule has 1 aliphatic carbocycles. The summed E-state index contributed by atoms with van der Waals surface area (Å²) in [5.74, 6) is -0.0833. The van der Waals surface area contributed by atoms with Crippen molar-refractivity contribution in [3.63, 3.8) is 0 Å². The van der Waals surface area contributed by atoms with Gasteiger partial charge in [-0.05, 0) is 54.8 Å². The summed E-state index contributed by atoms with van der Waals surface area (Å²) in [6.07, 6.45) is 6.48. The second kappa shape index (κ2) is 8.46. The van der Waals surface area contributed by atoms with Gasteiger partial charge in [0.1, 0.15) is 6.04 Å². The minimum absolute atomic E-state index is 0.0721. The van der Waals surface area contributed by atoms with Crippen LogP contribution in [0.15, 0.2) is 35.7 Å². The summed E-state index contributed by atoms with van der Waals surface area (Å²) < 4.78 is 0. The first-order valence-electron chi connectivity index (χ1n) is 11.2. The SMILES string of the molecule is O=C(NC1CCN2C(=O)c3cc(-c4cccs4)ccc3NC(=O)C2C1)C1CCCCC1. The lowest BCUT2D eigenvalue weighted by atomic mass is 9.88. The molecular formula is C24H27N3O3S. The Morgan fingerprint density at radius 2 is 1.94 bits per heavy atom. The van der Waals surface area contributed by atoms with E-state index in [0.717, 1.165) is 36.1 Å². The van der Waals surface area contributed by atoms with Gasteiger partial charge >= 0.3 is 0 Å². The number of anilines is 1. The van der Waals surface area contributed by atoms with E-state index in [4.69, 9.17) is 0 Å². The van der Waals surface area contributed by atoms with Crippen molar-refractivity contribution in [2.75, 3.05) is 11.9 Å². The maximum Gasteiger partial charge on any atom is 0.256 e. The number of nitrogens with one attached hydrogen (secondary N) is 2. The zero-order valence-electron chi connectivity index (χ0n) is 17.4. The number of amides is 3. The fourth-order valence-electron chi connectivity index (χ4n) is 5.07. The highest BCUT2D eigenvalue weighted by Crippen LogP contribution is 2.33. The van der Waals surface area contributed by atoms with Crippen molar-refractivity contribution >= 4 is 34.7 Å². The number of fused-ring (bicyclic) bond motifs is 2. The molecule has 2 unspecified atom stereocenters. The van der Waals surface area contributed by atoms with Crippen molar-refractivity contribution < 1.29 is 14.4 Å². The molecule has 2 aromatic rings. The first-order valence-corrected chi connectivity index (χ1v) is 12.1. The van der Waals surface area contributed by atoms with Crippen LogP contribution in [0.5, 0.6) is 0 Å². The highest BCUT2D eigenvalue weighted by atomic mass is 32.1. The van der Waals surface area contributed by atoms with Gasteiger partial charge < -0.3 is 15.5 Å². The van der Waals surface area contributed by atoms with E-state index in [9.17, 15) is 14.4 Å². The molecule has 3 amide bonds. The van der Waals surface area contributed by atoms with Crippen LogP contribution in [-0.4, -0.2) is 41.2 Å². The van der Waals surface area contributed by atoms with Gasteiger partial charge in [-0.2, -0.15) is 0 Å². The predicted octanol–water partition coefficient (Wildman–Crippen LogP) is 4.04. The molecule has 3 heterocycles. The third kappa shape index (κ3) is 3.99. The van der Waals surface area contributed by atoms with Crippen LogP contribution in [0.1, 0.15) is 55.3 Å². The quantitative estimate of drug-likeness (QED) is 0.761. The van der Waals surface area contributed by atoms with E-state index in [0.29, 0.717) is 30.6 Å². The molecule has 2 N–H and O–H groups in total. The van der Waals surface area contributed by atoms with E-state index in [-0.39, 0.29) is 29.7 Å². The second-order valence-corrected chi connectivity index (χ2v) is 9.75. The Labute approximate surface area is 186 Å². The molecular weight excluding hydrogens is 410 g/mol. The molecule has 1 saturated carbocycles. The van der Waals surface area contributed by atoms with Crippen LogP contribution in [0.4, 0.5) is 5.69 Å². The summed E-state index contributed by atoms with van der Waals surface area (Å²) in [4.78, 5) is 41.8. The van der Waals surface area contributed by atoms with Crippen molar-refractivity contribution in [2.24, 2.45) is 5.92 Å². The van der Waals surface area contributed by atoms with Gasteiger partial charge in [0.05, 0.1) is 11.3 Å². The van der Waals surface area contributed by atoms with Gasteiger partial charge in [0, 0.05) is 23.4 Å². The lowest BCUT2D eigenvalue weighted by molar-refractivity contribution is -0.128. The summed E-state index contributed by atoms with van der Waals surface area (Å²) in [5.41, 5.74) is 2.07. The number of hydrogen-bond acceptors (Lipinski definition) is 4. The monoisotopic (exact) mass is 437 g/mol. The van der Waals surface area contributed by atoms with Gasteiger partial charge in [-0.25, -0.2) is 0 Å². The minimum Gasteiger partial charge on any atom is -0.353 e. The minimum atomic E-state index is -0.560. The molecule has 0 spiro atoms. The molecule has 2 atom stereocenters. The Morgan fingerprint density at radius 1 is 1.10 bits per heavy atom. The summed E-state index contributed by atoms with van der Waals surface area (Å²) in [5, 5.41) is 8.13. The average Bonchev–Trinajstić information content (AvgIpc) is 3.31. The normalized spacial score (nSPS) is 24.1. The summed E-state index contributed by atoms with van der Waals surface area (Å²) in [6.45, 7) is 0.467. The molecule has 3 aliphatic rings. The largest absolute Gasteiger partial charge is 0.353 e. The summed E-state index contributed by atoms with van der Waals surface area (Å²) >= 11 is 1.62. The Bertz CT molecular complexity index is 998. The number of nitrogens with zero attached hydrogens (tertiary/aromatic N) is 1. The van der Waals surface area contributed by atoms with Crippen LogP contribution in [0, 0.1) is 5.92 Å². The van der Waals surface area contributed by atoms with Gasteiger partial charge in [0.15, 0.2) is 0 Å². The molecule has 0 radical (unpaired) electrons. The van der Waals surface area contributed by atoms with Gasteiger partial charge in [0.2, 0.25) is 11.8 Å². The smallest absolute Gasteiger partial charge is 0.256 e. The fourth-order valence-corrected chi connectivity index (χ4v) is 5.79. The molecule has 0 bridgehead atoms. The lowest BCUT2D eigenvalue weighted by Crippen LogP contribution is -2.55. The highest BCUT2D eigenvalue weighted by molar-refractivity contribution is 7.13. The molecule has 162 valence electrons. The van der Waals surface area contributed by atoms with E-state index >= 15 is 0 Å². The number of benzene rings is 1. The molecule has 5 rings (SSSR count). The molecule has 6 nitrogen and oxygen atoms in total. The van der Waals surface area contributed by atoms with Gasteiger partial charge in [-0.3, -0.25) is 14.4 Å². The average molecular weight is 438 g/mol. The molecule has 1 aromatic heterocycles. The summed E-state index contributed by atoms with van der Waals surface area (Å²) in [6, 6.07) is 9.01. The van der Waals surface area contributed by atoms with Crippen LogP contribution >= 0.6 is 11.3 Å². The van der Waals surface area contributed by atoms with E-state index in [1.807, 2.05) is 35.7 Å². The maximum absolute atomic E-state index is 13.4. The van der Waals surface area contributed by atoms with Crippen molar-refractivity contribution in [3.05, 3.63) is 41.3 Å². The van der Waals surface area contributed by atoms with E-state index in [2.05, 4.69) is 10.6 Å². The topological polar surface area (TPSA) is 78.5 Å². The molecule has 1 aromatic carbocycles. The standard InChI is InChI=1S/C24H27N3O3S/c28-22(15-5-2-1-3-6-15)25-17-10-11-27-20(14-17)23(29)26-19-9-8-16(13-18(19)24(27)30)21-7-4-12-31-21/h4,7-9,12-13,15,17,20H,1-3,5-6,10-11,14H2,(H,25,28)(H,26,29). The van der Waals surface area contributed by atoms with E-state index < -0.39 is 6.04 Å². The number of rotatable bonds is 3. The fraction of sp³-hybridized carbons (Fsp3) is 0.458. The Kier molecular flexibility index (Phi) is 5.52. The van der Waals surface area contributed by atoms with Crippen molar-refractivity contribution in [1.29, 1.82) is 0 Å². The molecule has 2 fully saturated rings. The van der Waals surface area contributed by atoms with E-state index in [1.54, 1.807) is 16.2 Å². The number of piperidine rings is 1. The van der Waals surface area contributed by atoms with Crippen LogP contribution in [-0.2, 0) is 9.59 Å². The highest BCUT2D eigenvalue weighted by Gasteiger charge is 2.40. The third-order valence-electron chi connectivity index (χ3n) is 6.80. The summed E-state index contributed by atoms with van der Waals surface area (Å²) in [7, 11) is 0. The van der Waals surface area contributed by atoms with Gasteiger partial charge in [0.25, 0.3) is 5.91 Å². The Morgan fingerprint density at radius 3 is 2.71 bits per heavy atom. The number of carbonyl (C=O) groups excluding carboxylic acids is 3. The van der Waals surface area contributed by atoms with E-state index in [1.165, 1.54) is 6.42 Å². The van der Waals surface area contributed by atoms with Crippen LogP contribution in [0.3, 0.4) is 0 Å². The molecule has 31 heavy (non-hydrogen) atoms. The van der Waals surface area contributed by atoms with Gasteiger partial charge in [-0.15, -0.1) is 11.3 Å². The maximum atomic E-state index is 13.4. The zero-order chi connectivity index (χ0) is 21.4. The Balaban J connectivity index is 1.33. The van der Waals surface area contributed by atoms with Crippen molar-refractivity contribution in [1.82, 2.24) is 10.2 Å². The predicted molar refractivity (Wildman–Crippen MR) is 121 cm³/mol. The zero-order valence-corrected chi connectivity index (χ0v) is 18.2. The second-order valence-electron chi connectivity index (χ2n) is 8.81. The number of thiophene rings is 1. The van der Waals surface area contributed by atoms with Gasteiger partial charge in [-0.1, -0.05) is 31.4 Å². The third-order valence-corrected chi connectivity index (χ3v) is 7.72. The van der Waals surface area contributed by atoms with Crippen LogP contribution < -0.4 is 10.6 Å². The number of hydrogen-bond donors (Lipinski definition) is 2. The first kappa shape index (κ1) is 20.2. The van der Waals surface area contributed by atoms with Crippen LogP contribution in [0.25, 0.3) is 10.4 Å². The van der Waals surface area contributed by atoms with Crippen LogP contribution in [0.2, 0.25) is 0 Å². The first-order chi connectivity index (χ1) is 15.1. The molecule has 2 aliphatic heterocycles.